The first kappa shape index (κ1) is 18.2. The van der Waals surface area contributed by atoms with Crippen molar-refractivity contribution in [1.82, 2.24) is 10.6 Å². The maximum absolute atomic E-state index is 11.7. The highest BCUT2D eigenvalue weighted by molar-refractivity contribution is 7.12. The van der Waals surface area contributed by atoms with Crippen LogP contribution in [-0.4, -0.2) is 30.6 Å². The van der Waals surface area contributed by atoms with E-state index in [-0.39, 0.29) is 6.04 Å². The Bertz CT molecular complexity index is 618. The molecule has 7 heteroatoms. The molecule has 3 amide bonds. The molecule has 0 unspecified atom stereocenters. The van der Waals surface area contributed by atoms with Crippen LogP contribution in [0.1, 0.15) is 41.9 Å². The molecule has 0 aromatic carbocycles. The van der Waals surface area contributed by atoms with Gasteiger partial charge in [-0.15, -0.1) is 11.3 Å². The molecule has 0 radical (unpaired) electrons. The Morgan fingerprint density at radius 3 is 2.67 bits per heavy atom. The van der Waals surface area contributed by atoms with E-state index >= 15 is 0 Å². The molecule has 0 saturated heterocycles. The lowest BCUT2D eigenvalue weighted by atomic mass is 9.96. The standard InChI is InChI=1S/C17H22N2O4S/c1-12-7-8-14(24-12)9-10-16(21)23-11-15(20)19-17(22)18-13-5-3-2-4-6-13/h7-10,13H,2-6,11H2,1H3,(H2,18,19,20,22)/b10-9+. The Labute approximate surface area is 145 Å². The number of urea groups is 1. The summed E-state index contributed by atoms with van der Waals surface area (Å²) in [6.07, 6.45) is 8.13. The van der Waals surface area contributed by atoms with Gasteiger partial charge in [0.05, 0.1) is 0 Å². The number of hydrogen-bond donors (Lipinski definition) is 2. The summed E-state index contributed by atoms with van der Waals surface area (Å²) in [5.74, 6) is -1.26. The first-order valence-electron chi connectivity index (χ1n) is 8.04. The summed E-state index contributed by atoms with van der Waals surface area (Å²) in [5, 5.41) is 4.93. The average Bonchev–Trinajstić information content (AvgIpc) is 2.97. The smallest absolute Gasteiger partial charge is 0.331 e. The van der Waals surface area contributed by atoms with Gasteiger partial charge in [-0.25, -0.2) is 9.59 Å². The topological polar surface area (TPSA) is 84.5 Å². The summed E-state index contributed by atoms with van der Waals surface area (Å²) < 4.78 is 4.81. The van der Waals surface area contributed by atoms with Crippen molar-refractivity contribution in [2.45, 2.75) is 45.1 Å². The van der Waals surface area contributed by atoms with Crippen LogP contribution in [0.2, 0.25) is 0 Å². The molecule has 1 aromatic rings. The van der Waals surface area contributed by atoms with Crippen LogP contribution < -0.4 is 10.6 Å². The normalized spacial score (nSPS) is 15.2. The van der Waals surface area contributed by atoms with E-state index in [9.17, 15) is 14.4 Å². The van der Waals surface area contributed by atoms with E-state index < -0.39 is 24.5 Å². The van der Waals surface area contributed by atoms with Crippen molar-refractivity contribution in [2.24, 2.45) is 0 Å². The fraction of sp³-hybridized carbons (Fsp3) is 0.471. The minimum atomic E-state index is -0.642. The van der Waals surface area contributed by atoms with Crippen molar-refractivity contribution in [3.63, 3.8) is 0 Å². The van der Waals surface area contributed by atoms with Crippen LogP contribution >= 0.6 is 11.3 Å². The predicted octanol–water partition coefficient (Wildman–Crippen LogP) is 2.77. The molecule has 24 heavy (non-hydrogen) atoms. The minimum absolute atomic E-state index is 0.117. The summed E-state index contributed by atoms with van der Waals surface area (Å²) in [5.41, 5.74) is 0. The number of hydrogen-bond acceptors (Lipinski definition) is 5. The lowest BCUT2D eigenvalue weighted by Crippen LogP contribution is -2.46. The third-order valence-corrected chi connectivity index (χ3v) is 4.65. The van der Waals surface area contributed by atoms with Crippen LogP contribution in [0.15, 0.2) is 18.2 Å². The van der Waals surface area contributed by atoms with Crippen LogP contribution in [0.25, 0.3) is 6.08 Å². The molecule has 0 bridgehead atoms. The highest BCUT2D eigenvalue weighted by Crippen LogP contribution is 2.17. The average molecular weight is 350 g/mol. The van der Waals surface area contributed by atoms with Crippen molar-refractivity contribution in [3.8, 4) is 0 Å². The van der Waals surface area contributed by atoms with E-state index in [1.165, 1.54) is 12.5 Å². The number of imide groups is 1. The van der Waals surface area contributed by atoms with Gasteiger partial charge in [-0.2, -0.15) is 0 Å². The Balaban J connectivity index is 1.65. The number of ether oxygens (including phenoxy) is 1. The van der Waals surface area contributed by atoms with Crippen LogP contribution in [0.3, 0.4) is 0 Å². The van der Waals surface area contributed by atoms with Gasteiger partial charge in [0.1, 0.15) is 0 Å². The van der Waals surface area contributed by atoms with Crippen molar-refractivity contribution < 1.29 is 19.1 Å². The predicted molar refractivity (Wildman–Crippen MR) is 92.6 cm³/mol. The molecular weight excluding hydrogens is 328 g/mol. The second kappa shape index (κ2) is 9.22. The molecule has 1 aromatic heterocycles. The molecule has 1 aliphatic rings. The van der Waals surface area contributed by atoms with E-state index in [4.69, 9.17) is 4.74 Å². The lowest BCUT2D eigenvalue weighted by molar-refractivity contribution is -0.143. The highest BCUT2D eigenvalue weighted by atomic mass is 32.1. The Kier molecular flexibility index (Phi) is 6.99. The van der Waals surface area contributed by atoms with Crippen molar-refractivity contribution in [2.75, 3.05) is 6.61 Å². The summed E-state index contributed by atoms with van der Waals surface area (Å²) in [6, 6.07) is 3.43. The van der Waals surface area contributed by atoms with E-state index in [2.05, 4.69) is 10.6 Å². The number of esters is 1. The Morgan fingerprint density at radius 1 is 1.25 bits per heavy atom. The van der Waals surface area contributed by atoms with Crippen LogP contribution in [0, 0.1) is 6.92 Å². The maximum atomic E-state index is 11.7. The number of carbonyl (C=O) groups is 3. The summed E-state index contributed by atoms with van der Waals surface area (Å²) in [7, 11) is 0. The fourth-order valence-electron chi connectivity index (χ4n) is 2.51. The van der Waals surface area contributed by atoms with Crippen LogP contribution in [0.5, 0.6) is 0 Å². The molecule has 0 atom stereocenters. The van der Waals surface area contributed by atoms with E-state index in [1.807, 2.05) is 19.1 Å². The molecule has 0 aliphatic heterocycles. The molecule has 0 spiro atoms. The fourth-order valence-corrected chi connectivity index (χ4v) is 3.29. The van der Waals surface area contributed by atoms with Gasteiger partial charge in [0.15, 0.2) is 6.61 Å². The molecule has 1 aliphatic carbocycles. The highest BCUT2D eigenvalue weighted by Gasteiger charge is 2.17. The monoisotopic (exact) mass is 350 g/mol. The molecule has 1 saturated carbocycles. The first-order chi connectivity index (χ1) is 11.5. The molecular formula is C17H22N2O4S. The number of thiophene rings is 1. The van der Waals surface area contributed by atoms with Crippen LogP contribution in [-0.2, 0) is 14.3 Å². The van der Waals surface area contributed by atoms with Gasteiger partial charge in [-0.3, -0.25) is 10.1 Å². The number of amides is 3. The zero-order valence-electron chi connectivity index (χ0n) is 13.7. The van der Waals surface area contributed by atoms with Gasteiger partial charge in [0.25, 0.3) is 5.91 Å². The maximum Gasteiger partial charge on any atom is 0.331 e. The van der Waals surface area contributed by atoms with E-state index in [1.54, 1.807) is 17.4 Å². The van der Waals surface area contributed by atoms with E-state index in [0.29, 0.717) is 0 Å². The summed E-state index contributed by atoms with van der Waals surface area (Å²) in [4.78, 5) is 36.9. The summed E-state index contributed by atoms with van der Waals surface area (Å²) >= 11 is 1.55. The first-order valence-corrected chi connectivity index (χ1v) is 8.86. The van der Waals surface area contributed by atoms with Gasteiger partial charge in [0.2, 0.25) is 0 Å². The van der Waals surface area contributed by atoms with Gasteiger partial charge in [-0.05, 0) is 38.0 Å². The zero-order valence-corrected chi connectivity index (χ0v) is 14.5. The van der Waals surface area contributed by atoms with Gasteiger partial charge < -0.3 is 10.1 Å². The second-order valence-corrected chi connectivity index (χ2v) is 7.07. The molecule has 2 rings (SSSR count). The number of rotatable bonds is 5. The van der Waals surface area contributed by atoms with Crippen molar-refractivity contribution in [3.05, 3.63) is 28.0 Å². The molecule has 2 N–H and O–H groups in total. The number of nitrogens with one attached hydrogen (secondary N) is 2. The molecule has 6 nitrogen and oxygen atoms in total. The molecule has 1 fully saturated rings. The van der Waals surface area contributed by atoms with E-state index in [0.717, 1.165) is 35.4 Å². The van der Waals surface area contributed by atoms with Gasteiger partial charge in [-0.1, -0.05) is 19.3 Å². The largest absolute Gasteiger partial charge is 0.452 e. The van der Waals surface area contributed by atoms with Crippen LogP contribution in [0.4, 0.5) is 4.79 Å². The van der Waals surface area contributed by atoms with Crippen molar-refractivity contribution >= 4 is 35.3 Å². The molecule has 130 valence electrons. The second-order valence-electron chi connectivity index (χ2n) is 5.75. The lowest BCUT2D eigenvalue weighted by Gasteiger charge is -2.22. The third kappa shape index (κ3) is 6.54. The van der Waals surface area contributed by atoms with Crippen molar-refractivity contribution in [1.29, 1.82) is 0 Å². The SMILES string of the molecule is Cc1ccc(/C=C/C(=O)OCC(=O)NC(=O)NC2CCCCC2)s1. The number of aryl methyl sites for hydroxylation is 1. The third-order valence-electron chi connectivity index (χ3n) is 3.68. The Hall–Kier alpha value is -2.15. The number of carbonyl (C=O) groups excluding carboxylic acids is 3. The molecule has 1 heterocycles. The minimum Gasteiger partial charge on any atom is -0.452 e. The van der Waals surface area contributed by atoms with Gasteiger partial charge >= 0.3 is 12.0 Å². The summed E-state index contributed by atoms with van der Waals surface area (Å²) in [6.45, 7) is 1.49. The quantitative estimate of drug-likeness (QED) is 0.632. The van der Waals surface area contributed by atoms with Gasteiger partial charge in [0, 0.05) is 21.9 Å². The zero-order chi connectivity index (χ0) is 17.4. The Morgan fingerprint density at radius 2 is 2.00 bits per heavy atom.